The van der Waals surface area contributed by atoms with Crippen molar-refractivity contribution >= 4 is 5.91 Å². The molecule has 0 aromatic rings. The van der Waals surface area contributed by atoms with Crippen LogP contribution in [0.4, 0.5) is 0 Å². The van der Waals surface area contributed by atoms with Gasteiger partial charge in [0.05, 0.1) is 5.54 Å². The van der Waals surface area contributed by atoms with Crippen molar-refractivity contribution in [3.05, 3.63) is 12.2 Å². The highest BCUT2D eigenvalue weighted by molar-refractivity contribution is 6.02. The van der Waals surface area contributed by atoms with Gasteiger partial charge in [0.1, 0.15) is 0 Å². The molecule has 1 aliphatic rings. The van der Waals surface area contributed by atoms with Crippen molar-refractivity contribution in [3.8, 4) is 0 Å². The van der Waals surface area contributed by atoms with Gasteiger partial charge in [0.2, 0.25) is 5.91 Å². The molecule has 1 aliphatic heterocycles. The molecule has 1 heterocycles. The molecule has 0 radical (unpaired) electrons. The van der Waals surface area contributed by atoms with E-state index in [9.17, 15) is 4.79 Å². The summed E-state index contributed by atoms with van der Waals surface area (Å²) in [5.74, 6) is -0.0185. The highest BCUT2D eigenvalue weighted by Gasteiger charge is 2.37. The van der Waals surface area contributed by atoms with Crippen molar-refractivity contribution in [3.63, 3.8) is 0 Å². The lowest BCUT2D eigenvalue weighted by molar-refractivity contribution is -0.124. The van der Waals surface area contributed by atoms with Crippen molar-refractivity contribution in [2.75, 3.05) is 0 Å². The SMILES string of the molecule is C=C1C(=O)NC1(C)C. The summed E-state index contributed by atoms with van der Waals surface area (Å²) in [5, 5.41) is 2.69. The minimum Gasteiger partial charge on any atom is -0.343 e. The largest absolute Gasteiger partial charge is 0.343 e. The van der Waals surface area contributed by atoms with Gasteiger partial charge in [-0.3, -0.25) is 4.79 Å². The summed E-state index contributed by atoms with van der Waals surface area (Å²) in [6.07, 6.45) is 0. The first-order valence-corrected chi connectivity index (χ1v) is 2.56. The van der Waals surface area contributed by atoms with Gasteiger partial charge in [-0.25, -0.2) is 0 Å². The number of nitrogens with one attached hydrogen (secondary N) is 1. The Morgan fingerprint density at radius 3 is 2.12 bits per heavy atom. The summed E-state index contributed by atoms with van der Waals surface area (Å²) in [7, 11) is 0. The van der Waals surface area contributed by atoms with Crippen LogP contribution in [0.5, 0.6) is 0 Å². The normalized spacial score (nSPS) is 24.2. The molecule has 0 spiro atoms. The zero-order valence-electron chi connectivity index (χ0n) is 5.12. The van der Waals surface area contributed by atoms with Crippen molar-refractivity contribution < 1.29 is 4.79 Å². The summed E-state index contributed by atoms with van der Waals surface area (Å²) in [4.78, 5) is 10.4. The van der Waals surface area contributed by atoms with Gasteiger partial charge >= 0.3 is 0 Å². The number of hydrogen-bond acceptors (Lipinski definition) is 1. The number of β-lactam (4-membered cyclic amide) rings is 1. The van der Waals surface area contributed by atoms with E-state index >= 15 is 0 Å². The topological polar surface area (TPSA) is 29.1 Å². The smallest absolute Gasteiger partial charge is 0.249 e. The van der Waals surface area contributed by atoms with Gasteiger partial charge in [0.15, 0.2) is 0 Å². The van der Waals surface area contributed by atoms with E-state index in [2.05, 4.69) is 11.9 Å². The Labute approximate surface area is 48.6 Å². The Morgan fingerprint density at radius 2 is 2.12 bits per heavy atom. The molecular weight excluding hydrogens is 102 g/mol. The molecule has 0 unspecified atom stereocenters. The lowest BCUT2D eigenvalue weighted by Gasteiger charge is -2.37. The summed E-state index contributed by atoms with van der Waals surface area (Å²) in [6.45, 7) is 7.44. The molecule has 0 atom stereocenters. The molecular formula is C6H9NO. The van der Waals surface area contributed by atoms with Crippen molar-refractivity contribution in [1.29, 1.82) is 0 Å². The first kappa shape index (κ1) is 5.35. The Morgan fingerprint density at radius 1 is 1.62 bits per heavy atom. The second-order valence-corrected chi connectivity index (χ2v) is 2.56. The number of carbonyl (C=O) groups excluding carboxylic acids is 1. The van der Waals surface area contributed by atoms with Gasteiger partial charge in [0.25, 0.3) is 0 Å². The molecule has 0 bridgehead atoms. The number of hydrogen-bond donors (Lipinski definition) is 1. The number of carbonyl (C=O) groups is 1. The van der Waals surface area contributed by atoms with E-state index in [4.69, 9.17) is 0 Å². The van der Waals surface area contributed by atoms with Gasteiger partial charge in [-0.1, -0.05) is 6.58 Å². The molecule has 1 fully saturated rings. The van der Waals surface area contributed by atoms with Crippen molar-refractivity contribution in [2.24, 2.45) is 0 Å². The predicted octanol–water partition coefficient (Wildman–Crippen LogP) is 0.451. The fourth-order valence-electron chi connectivity index (χ4n) is 0.656. The standard InChI is InChI=1S/C6H9NO/c1-4-5(8)7-6(4,2)3/h1H2,2-3H3,(H,7,8). The van der Waals surface area contributed by atoms with Crippen LogP contribution < -0.4 is 5.32 Å². The average molecular weight is 111 g/mol. The van der Waals surface area contributed by atoms with E-state index in [1.165, 1.54) is 0 Å². The summed E-state index contributed by atoms with van der Waals surface area (Å²) >= 11 is 0. The molecule has 1 rings (SSSR count). The van der Waals surface area contributed by atoms with Crippen LogP contribution in [0.2, 0.25) is 0 Å². The average Bonchev–Trinajstić information content (AvgIpc) is 1.65. The van der Waals surface area contributed by atoms with E-state index in [0.29, 0.717) is 5.57 Å². The molecule has 2 nitrogen and oxygen atoms in total. The van der Waals surface area contributed by atoms with Crippen LogP contribution in [0.15, 0.2) is 12.2 Å². The van der Waals surface area contributed by atoms with E-state index in [1.807, 2.05) is 13.8 Å². The van der Waals surface area contributed by atoms with Crippen LogP contribution in [0, 0.1) is 0 Å². The summed E-state index contributed by atoms with van der Waals surface area (Å²) in [5.41, 5.74) is 0.536. The molecule has 1 amide bonds. The van der Waals surface area contributed by atoms with Crippen molar-refractivity contribution in [1.82, 2.24) is 5.32 Å². The Balaban J connectivity index is 2.75. The zero-order chi connectivity index (χ0) is 6.36. The maximum atomic E-state index is 10.4. The van der Waals surface area contributed by atoms with Crippen LogP contribution in [0.25, 0.3) is 0 Å². The lowest BCUT2D eigenvalue weighted by atomic mass is 9.87. The highest BCUT2D eigenvalue weighted by Crippen LogP contribution is 2.22. The van der Waals surface area contributed by atoms with E-state index < -0.39 is 0 Å². The second kappa shape index (κ2) is 1.13. The fourth-order valence-corrected chi connectivity index (χ4v) is 0.656. The Kier molecular flexibility index (Phi) is 0.756. The van der Waals surface area contributed by atoms with E-state index in [-0.39, 0.29) is 11.4 Å². The van der Waals surface area contributed by atoms with Crippen LogP contribution in [-0.2, 0) is 4.79 Å². The Hall–Kier alpha value is -0.790. The van der Waals surface area contributed by atoms with E-state index in [0.717, 1.165) is 0 Å². The molecule has 8 heavy (non-hydrogen) atoms. The van der Waals surface area contributed by atoms with E-state index in [1.54, 1.807) is 0 Å². The highest BCUT2D eigenvalue weighted by atomic mass is 16.2. The first-order chi connectivity index (χ1) is 3.54. The van der Waals surface area contributed by atoms with Gasteiger partial charge in [-0.15, -0.1) is 0 Å². The molecule has 0 aliphatic carbocycles. The monoisotopic (exact) mass is 111 g/mol. The first-order valence-electron chi connectivity index (χ1n) is 2.56. The zero-order valence-corrected chi connectivity index (χ0v) is 5.12. The second-order valence-electron chi connectivity index (χ2n) is 2.56. The third-order valence-electron chi connectivity index (χ3n) is 1.45. The summed E-state index contributed by atoms with van der Waals surface area (Å²) in [6, 6.07) is 0. The van der Waals surface area contributed by atoms with Gasteiger partial charge in [-0.05, 0) is 13.8 Å². The van der Waals surface area contributed by atoms with Crippen molar-refractivity contribution in [2.45, 2.75) is 19.4 Å². The quantitative estimate of drug-likeness (QED) is 0.357. The Bertz CT molecular complexity index is 158. The number of rotatable bonds is 0. The minimum absolute atomic E-state index is 0.0185. The van der Waals surface area contributed by atoms with Crippen LogP contribution in [0.1, 0.15) is 13.8 Å². The summed E-state index contributed by atoms with van der Waals surface area (Å²) < 4.78 is 0. The molecule has 2 heteroatoms. The van der Waals surface area contributed by atoms with Gasteiger partial charge in [-0.2, -0.15) is 0 Å². The predicted molar refractivity (Wildman–Crippen MR) is 31.4 cm³/mol. The lowest BCUT2D eigenvalue weighted by Crippen LogP contribution is -2.58. The third-order valence-corrected chi connectivity index (χ3v) is 1.45. The maximum Gasteiger partial charge on any atom is 0.249 e. The molecule has 0 aromatic heterocycles. The molecule has 44 valence electrons. The van der Waals surface area contributed by atoms with Crippen LogP contribution >= 0.6 is 0 Å². The molecule has 0 saturated carbocycles. The maximum absolute atomic E-state index is 10.4. The van der Waals surface area contributed by atoms with Gasteiger partial charge in [0, 0.05) is 5.57 Å². The number of amides is 1. The molecule has 1 saturated heterocycles. The third kappa shape index (κ3) is 0.457. The molecule has 0 aromatic carbocycles. The minimum atomic E-state index is -0.142. The fraction of sp³-hybridized carbons (Fsp3) is 0.500. The molecule has 1 N–H and O–H groups in total. The van der Waals surface area contributed by atoms with Crippen LogP contribution in [0.3, 0.4) is 0 Å². The van der Waals surface area contributed by atoms with Crippen LogP contribution in [-0.4, -0.2) is 11.4 Å². The van der Waals surface area contributed by atoms with Gasteiger partial charge < -0.3 is 5.32 Å².